The van der Waals surface area contributed by atoms with Crippen LogP contribution in [0.4, 0.5) is 5.82 Å². The van der Waals surface area contributed by atoms with E-state index in [1.54, 1.807) is 0 Å². The smallest absolute Gasteiger partial charge is 0.252 e. The summed E-state index contributed by atoms with van der Waals surface area (Å²) in [6.07, 6.45) is 3.47. The highest BCUT2D eigenvalue weighted by Crippen LogP contribution is 2.23. The van der Waals surface area contributed by atoms with Crippen LogP contribution in [-0.4, -0.2) is 29.2 Å². The molecule has 6 nitrogen and oxygen atoms in total. The Morgan fingerprint density at radius 3 is 2.62 bits per heavy atom. The van der Waals surface area contributed by atoms with Gasteiger partial charge in [0.05, 0.1) is 0 Å². The Morgan fingerprint density at radius 1 is 1.14 bits per heavy atom. The molecule has 1 aliphatic rings. The minimum absolute atomic E-state index is 0.0264. The van der Waals surface area contributed by atoms with Gasteiger partial charge in [-0.3, -0.25) is 4.72 Å². The molecule has 1 N–H and O–H groups in total. The molecule has 0 aliphatic carbocycles. The van der Waals surface area contributed by atoms with Crippen molar-refractivity contribution in [1.29, 1.82) is 0 Å². The molecule has 3 rings (SSSR count). The van der Waals surface area contributed by atoms with Crippen molar-refractivity contribution in [3.05, 3.63) is 52.9 Å². The standard InChI is InChI=1S/C13H13ClN4O2S/c14-12-13(16-7-6-15-12)17-21(19,20)18-8-5-10-3-1-2-4-11(10)9-18/h1-4,6-7H,5,8-9H2,(H,16,17). The molecule has 8 heteroatoms. The van der Waals surface area contributed by atoms with E-state index < -0.39 is 10.2 Å². The first-order chi connectivity index (χ1) is 10.1. The number of fused-ring (bicyclic) bond motifs is 1. The third-order valence-electron chi connectivity index (χ3n) is 3.31. The Labute approximate surface area is 128 Å². The van der Waals surface area contributed by atoms with Gasteiger partial charge in [-0.25, -0.2) is 9.97 Å². The van der Waals surface area contributed by atoms with Gasteiger partial charge in [0.1, 0.15) is 0 Å². The van der Waals surface area contributed by atoms with E-state index in [4.69, 9.17) is 11.6 Å². The quantitative estimate of drug-likeness (QED) is 0.935. The van der Waals surface area contributed by atoms with Crippen molar-refractivity contribution in [2.75, 3.05) is 11.3 Å². The van der Waals surface area contributed by atoms with E-state index in [1.807, 2.05) is 24.3 Å². The second kappa shape index (κ2) is 5.59. The van der Waals surface area contributed by atoms with Crippen molar-refractivity contribution in [1.82, 2.24) is 14.3 Å². The van der Waals surface area contributed by atoms with Gasteiger partial charge in [0.25, 0.3) is 0 Å². The summed E-state index contributed by atoms with van der Waals surface area (Å²) < 4.78 is 28.6. The summed E-state index contributed by atoms with van der Waals surface area (Å²) in [5, 5.41) is 0.0264. The summed E-state index contributed by atoms with van der Waals surface area (Å²) >= 11 is 5.83. The van der Waals surface area contributed by atoms with Crippen LogP contribution < -0.4 is 4.72 Å². The first kappa shape index (κ1) is 14.2. The summed E-state index contributed by atoms with van der Waals surface area (Å²) in [6.45, 7) is 0.758. The lowest BCUT2D eigenvalue weighted by molar-refractivity contribution is 0.394. The van der Waals surface area contributed by atoms with Gasteiger partial charge in [0, 0.05) is 25.5 Å². The van der Waals surface area contributed by atoms with E-state index >= 15 is 0 Å². The van der Waals surface area contributed by atoms with Crippen molar-refractivity contribution in [2.45, 2.75) is 13.0 Å². The molecule has 0 saturated heterocycles. The molecule has 0 radical (unpaired) electrons. The first-order valence-electron chi connectivity index (χ1n) is 6.37. The number of anilines is 1. The monoisotopic (exact) mass is 324 g/mol. The molecule has 2 aromatic rings. The van der Waals surface area contributed by atoms with Crippen molar-refractivity contribution >= 4 is 27.6 Å². The highest BCUT2D eigenvalue weighted by atomic mass is 35.5. The predicted molar refractivity (Wildman–Crippen MR) is 80.1 cm³/mol. The minimum Gasteiger partial charge on any atom is -0.252 e. The predicted octanol–water partition coefficient (Wildman–Crippen LogP) is 1.84. The molecule has 110 valence electrons. The number of hydrogen-bond donors (Lipinski definition) is 1. The van der Waals surface area contributed by atoms with Crippen LogP contribution in [0.1, 0.15) is 11.1 Å². The molecular formula is C13H13ClN4O2S. The zero-order valence-corrected chi connectivity index (χ0v) is 12.6. The summed E-state index contributed by atoms with van der Waals surface area (Å²) in [7, 11) is -3.71. The summed E-state index contributed by atoms with van der Waals surface area (Å²) in [6, 6.07) is 7.82. The Hall–Kier alpha value is -1.70. The SMILES string of the molecule is O=S(=O)(Nc1nccnc1Cl)N1CCc2ccccc2C1. The lowest BCUT2D eigenvalue weighted by Crippen LogP contribution is -2.39. The van der Waals surface area contributed by atoms with Crippen LogP contribution in [0.5, 0.6) is 0 Å². The molecule has 0 fully saturated rings. The molecule has 1 aromatic carbocycles. The van der Waals surface area contributed by atoms with Crippen molar-refractivity contribution in [2.24, 2.45) is 0 Å². The van der Waals surface area contributed by atoms with Gasteiger partial charge in [-0.15, -0.1) is 0 Å². The molecule has 0 bridgehead atoms. The molecule has 0 amide bonds. The topological polar surface area (TPSA) is 75.2 Å². The summed E-state index contributed by atoms with van der Waals surface area (Å²) in [4.78, 5) is 7.69. The van der Waals surface area contributed by atoms with E-state index in [9.17, 15) is 8.42 Å². The maximum atomic E-state index is 12.4. The molecule has 0 unspecified atom stereocenters. The van der Waals surface area contributed by atoms with Crippen LogP contribution in [0.25, 0.3) is 0 Å². The van der Waals surface area contributed by atoms with Crippen LogP contribution in [-0.2, 0) is 23.2 Å². The van der Waals surface area contributed by atoms with E-state index in [1.165, 1.54) is 22.3 Å². The van der Waals surface area contributed by atoms with Crippen LogP contribution in [0.15, 0.2) is 36.7 Å². The Bertz CT molecular complexity index is 766. The van der Waals surface area contributed by atoms with Crippen LogP contribution in [0.3, 0.4) is 0 Å². The molecule has 2 heterocycles. The molecular weight excluding hydrogens is 312 g/mol. The fourth-order valence-electron chi connectivity index (χ4n) is 2.25. The van der Waals surface area contributed by atoms with Crippen LogP contribution >= 0.6 is 11.6 Å². The molecule has 0 atom stereocenters. The van der Waals surface area contributed by atoms with Gasteiger partial charge < -0.3 is 0 Å². The number of rotatable bonds is 3. The second-order valence-electron chi connectivity index (χ2n) is 4.66. The lowest BCUT2D eigenvalue weighted by atomic mass is 10.0. The third kappa shape index (κ3) is 2.99. The van der Waals surface area contributed by atoms with Gasteiger partial charge in [-0.2, -0.15) is 12.7 Å². The molecule has 21 heavy (non-hydrogen) atoms. The van der Waals surface area contributed by atoms with Gasteiger partial charge in [0.15, 0.2) is 11.0 Å². The second-order valence-corrected chi connectivity index (χ2v) is 6.68. The van der Waals surface area contributed by atoms with E-state index in [0.717, 1.165) is 5.56 Å². The minimum atomic E-state index is -3.71. The number of hydrogen-bond acceptors (Lipinski definition) is 4. The van der Waals surface area contributed by atoms with E-state index in [-0.39, 0.29) is 11.0 Å². The van der Waals surface area contributed by atoms with Crippen molar-refractivity contribution < 1.29 is 8.42 Å². The highest BCUT2D eigenvalue weighted by molar-refractivity contribution is 7.90. The van der Waals surface area contributed by atoms with Gasteiger partial charge in [-0.05, 0) is 17.5 Å². The Morgan fingerprint density at radius 2 is 1.86 bits per heavy atom. The average molecular weight is 325 g/mol. The molecule has 1 aliphatic heterocycles. The molecule has 0 saturated carbocycles. The molecule has 1 aromatic heterocycles. The maximum Gasteiger partial charge on any atom is 0.303 e. The largest absolute Gasteiger partial charge is 0.303 e. The van der Waals surface area contributed by atoms with E-state index in [2.05, 4.69) is 14.7 Å². The zero-order valence-electron chi connectivity index (χ0n) is 11.0. The number of aromatic nitrogens is 2. The van der Waals surface area contributed by atoms with Crippen LogP contribution in [0.2, 0.25) is 5.15 Å². The normalized spacial score (nSPS) is 15.5. The number of nitrogens with one attached hydrogen (secondary N) is 1. The lowest BCUT2D eigenvalue weighted by Gasteiger charge is -2.28. The van der Waals surface area contributed by atoms with Gasteiger partial charge in [0.2, 0.25) is 0 Å². The fraction of sp³-hybridized carbons (Fsp3) is 0.231. The Kier molecular flexibility index (Phi) is 3.79. The van der Waals surface area contributed by atoms with Crippen LogP contribution in [0, 0.1) is 0 Å². The van der Waals surface area contributed by atoms with Gasteiger partial charge in [-0.1, -0.05) is 35.9 Å². The zero-order chi connectivity index (χ0) is 14.9. The van der Waals surface area contributed by atoms with E-state index in [0.29, 0.717) is 19.5 Å². The van der Waals surface area contributed by atoms with Crippen molar-refractivity contribution in [3.63, 3.8) is 0 Å². The third-order valence-corrected chi connectivity index (χ3v) is 5.03. The van der Waals surface area contributed by atoms with Crippen molar-refractivity contribution in [3.8, 4) is 0 Å². The summed E-state index contributed by atoms with van der Waals surface area (Å²) in [5.41, 5.74) is 2.20. The first-order valence-corrected chi connectivity index (χ1v) is 8.19. The highest BCUT2D eigenvalue weighted by Gasteiger charge is 2.27. The maximum absolute atomic E-state index is 12.4. The Balaban J connectivity index is 1.82. The summed E-state index contributed by atoms with van der Waals surface area (Å²) in [5.74, 6) is 0.0398. The molecule has 0 spiro atoms. The number of nitrogens with zero attached hydrogens (tertiary/aromatic N) is 3. The number of benzene rings is 1. The fourth-order valence-corrected chi connectivity index (χ4v) is 3.62. The van der Waals surface area contributed by atoms with Gasteiger partial charge >= 0.3 is 10.2 Å². The number of halogens is 1. The average Bonchev–Trinajstić information content (AvgIpc) is 2.49.